The molecule has 0 saturated carbocycles. The number of benzene rings is 1. The first-order chi connectivity index (χ1) is 6.33. The minimum Gasteiger partial charge on any atom is -0.410 e. The zero-order valence-electron chi connectivity index (χ0n) is 7.12. The van der Waals surface area contributed by atoms with Gasteiger partial charge in [0.2, 0.25) is 5.78 Å². The number of hydrogen-bond donors (Lipinski definition) is 1. The summed E-state index contributed by atoms with van der Waals surface area (Å²) >= 11 is 0. The van der Waals surface area contributed by atoms with E-state index in [-0.39, 0.29) is 28.6 Å². The monoisotopic (exact) mass is 229 g/mol. The van der Waals surface area contributed by atoms with E-state index in [9.17, 15) is 4.79 Å². The SMILES string of the molecule is O=C1C=Cc2ccccc2/C1=N/O.[Fe]. The zero-order valence-corrected chi connectivity index (χ0v) is 8.22. The van der Waals surface area contributed by atoms with Crippen molar-refractivity contribution in [2.75, 3.05) is 0 Å². The number of nitrogens with zero attached hydrogens (tertiary/aromatic N) is 1. The maximum atomic E-state index is 11.2. The van der Waals surface area contributed by atoms with Crippen LogP contribution < -0.4 is 0 Å². The van der Waals surface area contributed by atoms with E-state index in [4.69, 9.17) is 5.21 Å². The van der Waals surface area contributed by atoms with Gasteiger partial charge in [0.1, 0.15) is 0 Å². The fraction of sp³-hybridized carbons (Fsp3) is 0. The van der Waals surface area contributed by atoms with Gasteiger partial charge in [0, 0.05) is 22.6 Å². The molecule has 0 aromatic heterocycles. The van der Waals surface area contributed by atoms with E-state index in [0.717, 1.165) is 5.56 Å². The molecule has 0 atom stereocenters. The maximum Gasteiger partial charge on any atom is 0.208 e. The molecule has 0 unspecified atom stereocenters. The van der Waals surface area contributed by atoms with Crippen LogP contribution in [0.1, 0.15) is 11.1 Å². The molecule has 2 rings (SSSR count). The van der Waals surface area contributed by atoms with Gasteiger partial charge in [0.05, 0.1) is 0 Å². The van der Waals surface area contributed by atoms with Crippen molar-refractivity contribution in [3.8, 4) is 0 Å². The fourth-order valence-electron chi connectivity index (χ4n) is 1.34. The Morgan fingerprint density at radius 3 is 2.57 bits per heavy atom. The van der Waals surface area contributed by atoms with Crippen molar-refractivity contribution in [2.45, 2.75) is 0 Å². The van der Waals surface area contributed by atoms with Gasteiger partial charge in [0.15, 0.2) is 5.71 Å². The van der Waals surface area contributed by atoms with Crippen molar-refractivity contribution in [3.05, 3.63) is 41.5 Å². The van der Waals surface area contributed by atoms with Gasteiger partial charge in [-0.05, 0) is 11.6 Å². The Bertz CT molecular complexity index is 424. The molecule has 14 heavy (non-hydrogen) atoms. The second kappa shape index (κ2) is 4.22. The van der Waals surface area contributed by atoms with Crippen molar-refractivity contribution in [1.82, 2.24) is 0 Å². The molecular weight excluding hydrogens is 222 g/mol. The van der Waals surface area contributed by atoms with Crippen LogP contribution in [0, 0.1) is 0 Å². The molecule has 0 spiro atoms. The molecule has 0 heterocycles. The van der Waals surface area contributed by atoms with Gasteiger partial charge in [-0.1, -0.05) is 35.5 Å². The number of carbonyl (C=O) groups is 1. The van der Waals surface area contributed by atoms with E-state index in [0.29, 0.717) is 5.56 Å². The Kier molecular flexibility index (Phi) is 3.23. The van der Waals surface area contributed by atoms with Gasteiger partial charge < -0.3 is 5.21 Å². The van der Waals surface area contributed by atoms with Gasteiger partial charge in [0.25, 0.3) is 0 Å². The molecule has 1 aliphatic carbocycles. The molecule has 0 radical (unpaired) electrons. The topological polar surface area (TPSA) is 49.7 Å². The van der Waals surface area contributed by atoms with Crippen LogP contribution in [0.4, 0.5) is 0 Å². The number of carbonyl (C=O) groups excluding carboxylic acids is 1. The summed E-state index contributed by atoms with van der Waals surface area (Å²) in [7, 11) is 0. The van der Waals surface area contributed by atoms with Crippen molar-refractivity contribution >= 4 is 17.6 Å². The number of ketones is 1. The number of oxime groups is 1. The van der Waals surface area contributed by atoms with E-state index in [2.05, 4.69) is 5.16 Å². The molecule has 0 fully saturated rings. The Labute approximate surface area is 91.6 Å². The van der Waals surface area contributed by atoms with Gasteiger partial charge >= 0.3 is 0 Å². The normalized spacial score (nSPS) is 16.3. The number of hydrogen-bond acceptors (Lipinski definition) is 3. The fourth-order valence-corrected chi connectivity index (χ4v) is 1.34. The first kappa shape index (κ1) is 10.7. The Morgan fingerprint density at radius 1 is 1.14 bits per heavy atom. The Balaban J connectivity index is 0.000000980. The summed E-state index contributed by atoms with van der Waals surface area (Å²) in [6, 6.07) is 7.29. The number of allylic oxidation sites excluding steroid dienone is 1. The second-order valence-electron chi connectivity index (χ2n) is 2.73. The van der Waals surface area contributed by atoms with Crippen LogP contribution in [0.25, 0.3) is 6.08 Å². The molecule has 3 nitrogen and oxygen atoms in total. The van der Waals surface area contributed by atoms with E-state index < -0.39 is 0 Å². The van der Waals surface area contributed by atoms with Gasteiger partial charge in [-0.25, -0.2) is 0 Å². The predicted molar refractivity (Wildman–Crippen MR) is 48.8 cm³/mol. The zero-order chi connectivity index (χ0) is 9.26. The molecule has 0 amide bonds. The third-order valence-electron chi connectivity index (χ3n) is 1.96. The molecule has 0 saturated heterocycles. The van der Waals surface area contributed by atoms with Crippen LogP contribution in [0.3, 0.4) is 0 Å². The second-order valence-corrected chi connectivity index (χ2v) is 2.73. The Morgan fingerprint density at radius 2 is 1.86 bits per heavy atom. The van der Waals surface area contributed by atoms with E-state index in [1.54, 1.807) is 18.2 Å². The molecule has 72 valence electrons. The Hall–Kier alpha value is -1.38. The van der Waals surface area contributed by atoms with Crippen LogP contribution in [-0.4, -0.2) is 16.7 Å². The summed E-state index contributed by atoms with van der Waals surface area (Å²) in [5, 5.41) is 11.6. The molecule has 4 heteroatoms. The molecule has 1 aromatic carbocycles. The van der Waals surface area contributed by atoms with Gasteiger partial charge in [-0.3, -0.25) is 4.79 Å². The molecule has 1 N–H and O–H groups in total. The van der Waals surface area contributed by atoms with Crippen molar-refractivity contribution in [2.24, 2.45) is 5.16 Å². The molecule has 1 aromatic rings. The van der Waals surface area contributed by atoms with Gasteiger partial charge in [-0.15, -0.1) is 0 Å². The number of rotatable bonds is 0. The summed E-state index contributed by atoms with van der Waals surface area (Å²) in [5.74, 6) is -0.263. The molecule has 0 aliphatic heterocycles. The van der Waals surface area contributed by atoms with Crippen LogP contribution in [-0.2, 0) is 21.9 Å². The third-order valence-corrected chi connectivity index (χ3v) is 1.96. The number of fused-ring (bicyclic) bond motifs is 1. The smallest absolute Gasteiger partial charge is 0.208 e. The van der Waals surface area contributed by atoms with Gasteiger partial charge in [-0.2, -0.15) is 0 Å². The minimum atomic E-state index is -0.263. The van der Waals surface area contributed by atoms with Crippen molar-refractivity contribution in [1.29, 1.82) is 0 Å². The largest absolute Gasteiger partial charge is 0.410 e. The summed E-state index contributed by atoms with van der Waals surface area (Å²) in [6.45, 7) is 0. The van der Waals surface area contributed by atoms with E-state index >= 15 is 0 Å². The standard InChI is InChI=1S/C10H7NO2.Fe/c12-9-6-5-7-3-1-2-4-8(7)10(9)11-13;/h1-6,13H;/b11-10-;. The predicted octanol–water partition coefficient (Wildman–Crippen LogP) is 1.46. The average molecular weight is 229 g/mol. The van der Waals surface area contributed by atoms with Crippen molar-refractivity contribution in [3.63, 3.8) is 0 Å². The summed E-state index contributed by atoms with van der Waals surface area (Å²) < 4.78 is 0. The van der Waals surface area contributed by atoms with Crippen LogP contribution in [0.5, 0.6) is 0 Å². The van der Waals surface area contributed by atoms with Crippen molar-refractivity contribution < 1.29 is 27.1 Å². The van der Waals surface area contributed by atoms with Crippen LogP contribution in [0.15, 0.2) is 35.5 Å². The van der Waals surface area contributed by atoms with E-state index in [1.165, 1.54) is 6.08 Å². The average Bonchev–Trinajstić information content (AvgIpc) is 2.18. The molecule has 1 aliphatic rings. The summed E-state index contributed by atoms with van der Waals surface area (Å²) in [4.78, 5) is 11.2. The third kappa shape index (κ3) is 1.62. The quantitative estimate of drug-likeness (QED) is 0.416. The maximum absolute atomic E-state index is 11.2. The van der Waals surface area contributed by atoms with Crippen LogP contribution >= 0.6 is 0 Å². The van der Waals surface area contributed by atoms with Crippen LogP contribution in [0.2, 0.25) is 0 Å². The first-order valence-corrected chi connectivity index (χ1v) is 3.87. The molecular formula is C10H7FeNO2. The van der Waals surface area contributed by atoms with E-state index in [1.807, 2.05) is 12.1 Å². The first-order valence-electron chi connectivity index (χ1n) is 3.87. The summed E-state index contributed by atoms with van der Waals surface area (Å²) in [6.07, 6.45) is 3.11. The minimum absolute atomic E-state index is 0. The summed E-state index contributed by atoms with van der Waals surface area (Å²) in [5.41, 5.74) is 1.69. The molecule has 0 bridgehead atoms.